The average Bonchev–Trinajstić information content (AvgIpc) is 2.39. The van der Waals surface area contributed by atoms with E-state index in [-0.39, 0.29) is 5.82 Å². The van der Waals surface area contributed by atoms with Crippen LogP contribution in [-0.2, 0) is 11.3 Å². The predicted molar refractivity (Wildman–Crippen MR) is 72.4 cm³/mol. The molecule has 0 saturated carbocycles. The van der Waals surface area contributed by atoms with Crippen molar-refractivity contribution >= 4 is 5.91 Å². The molecule has 0 heterocycles. The van der Waals surface area contributed by atoms with Crippen LogP contribution in [0, 0.1) is 5.82 Å². The number of primary amides is 1. The van der Waals surface area contributed by atoms with Crippen molar-refractivity contribution in [3.8, 4) is 0 Å². The number of halogens is 1. The lowest BCUT2D eigenvalue weighted by atomic mass is 10.1. The van der Waals surface area contributed by atoms with E-state index in [1.54, 1.807) is 7.11 Å². The summed E-state index contributed by atoms with van der Waals surface area (Å²) in [5, 5.41) is 3.15. The van der Waals surface area contributed by atoms with Crippen molar-refractivity contribution in [1.82, 2.24) is 5.32 Å². The highest BCUT2D eigenvalue weighted by atomic mass is 19.1. The van der Waals surface area contributed by atoms with Crippen molar-refractivity contribution in [3.63, 3.8) is 0 Å². The van der Waals surface area contributed by atoms with Crippen LogP contribution in [0.15, 0.2) is 18.2 Å². The van der Waals surface area contributed by atoms with E-state index in [0.29, 0.717) is 17.7 Å². The normalized spacial score (nSPS) is 10.6. The first-order chi connectivity index (χ1) is 9.15. The minimum Gasteiger partial charge on any atom is -0.385 e. The number of rotatable bonds is 9. The molecule has 1 amide bonds. The molecule has 19 heavy (non-hydrogen) atoms. The number of ether oxygens (including phenoxy) is 1. The summed E-state index contributed by atoms with van der Waals surface area (Å²) < 4.78 is 18.5. The molecular formula is C14H21FN2O2. The fourth-order valence-electron chi connectivity index (χ4n) is 1.76. The Kier molecular flexibility index (Phi) is 7.07. The van der Waals surface area contributed by atoms with Gasteiger partial charge in [-0.1, -0.05) is 0 Å². The molecule has 1 aromatic carbocycles. The molecular weight excluding hydrogens is 247 g/mol. The Hall–Kier alpha value is -1.46. The minimum absolute atomic E-state index is 0.322. The molecule has 0 aliphatic carbocycles. The number of methoxy groups -OCH3 is 1. The van der Waals surface area contributed by atoms with E-state index in [1.807, 2.05) is 0 Å². The molecule has 0 aromatic heterocycles. The zero-order valence-corrected chi connectivity index (χ0v) is 11.2. The van der Waals surface area contributed by atoms with E-state index in [0.717, 1.165) is 32.4 Å². The SMILES string of the molecule is COCCCCCNCc1cc(C(N)=O)ccc1F. The molecule has 0 fully saturated rings. The fourth-order valence-corrected chi connectivity index (χ4v) is 1.76. The summed E-state index contributed by atoms with van der Waals surface area (Å²) in [6, 6.07) is 4.16. The molecule has 0 radical (unpaired) electrons. The summed E-state index contributed by atoms with van der Waals surface area (Å²) in [7, 11) is 1.69. The van der Waals surface area contributed by atoms with Crippen molar-refractivity contribution in [2.45, 2.75) is 25.8 Å². The second-order valence-corrected chi connectivity index (χ2v) is 4.40. The topological polar surface area (TPSA) is 64.3 Å². The standard InChI is InChI=1S/C14H21FN2O2/c1-19-8-4-2-3-7-17-10-12-9-11(14(16)18)5-6-13(12)15/h5-6,9,17H,2-4,7-8,10H2,1H3,(H2,16,18). The van der Waals surface area contributed by atoms with Crippen molar-refractivity contribution in [3.05, 3.63) is 35.1 Å². The average molecular weight is 268 g/mol. The molecule has 1 rings (SSSR count). The largest absolute Gasteiger partial charge is 0.385 e. The molecule has 0 atom stereocenters. The van der Waals surface area contributed by atoms with Gasteiger partial charge in [-0.2, -0.15) is 0 Å². The second-order valence-electron chi connectivity index (χ2n) is 4.40. The number of hydrogen-bond acceptors (Lipinski definition) is 3. The van der Waals surface area contributed by atoms with E-state index in [2.05, 4.69) is 5.32 Å². The summed E-state index contributed by atoms with van der Waals surface area (Å²) >= 11 is 0. The Bertz CT molecular complexity index is 410. The zero-order chi connectivity index (χ0) is 14.1. The van der Waals surface area contributed by atoms with Gasteiger partial charge in [0.05, 0.1) is 0 Å². The molecule has 0 aliphatic rings. The first kappa shape index (κ1) is 15.6. The van der Waals surface area contributed by atoms with Crippen LogP contribution >= 0.6 is 0 Å². The molecule has 1 aromatic rings. The zero-order valence-electron chi connectivity index (χ0n) is 11.2. The van der Waals surface area contributed by atoms with Gasteiger partial charge >= 0.3 is 0 Å². The van der Waals surface area contributed by atoms with Crippen LogP contribution in [0.5, 0.6) is 0 Å². The van der Waals surface area contributed by atoms with Crippen LogP contribution in [0.2, 0.25) is 0 Å². The number of benzene rings is 1. The third-order valence-electron chi connectivity index (χ3n) is 2.85. The van der Waals surface area contributed by atoms with Crippen LogP contribution in [-0.4, -0.2) is 26.2 Å². The van der Waals surface area contributed by atoms with Gasteiger partial charge < -0.3 is 15.8 Å². The lowest BCUT2D eigenvalue weighted by molar-refractivity contribution is 0.1000. The number of unbranched alkanes of at least 4 members (excludes halogenated alkanes) is 2. The minimum atomic E-state index is -0.541. The smallest absolute Gasteiger partial charge is 0.248 e. The van der Waals surface area contributed by atoms with Gasteiger partial charge in [-0.3, -0.25) is 4.79 Å². The first-order valence-corrected chi connectivity index (χ1v) is 6.43. The summed E-state index contributed by atoms with van der Waals surface area (Å²) in [6.45, 7) is 1.98. The van der Waals surface area contributed by atoms with Crippen LogP contribution in [0.4, 0.5) is 4.39 Å². The van der Waals surface area contributed by atoms with Gasteiger partial charge in [0.2, 0.25) is 5.91 Å². The molecule has 0 spiro atoms. The molecule has 3 N–H and O–H groups in total. The van der Waals surface area contributed by atoms with E-state index in [1.165, 1.54) is 18.2 Å². The summed E-state index contributed by atoms with van der Waals surface area (Å²) in [6.07, 6.45) is 3.12. The van der Waals surface area contributed by atoms with E-state index in [4.69, 9.17) is 10.5 Å². The predicted octanol–water partition coefficient (Wildman–Crippen LogP) is 1.83. The maximum Gasteiger partial charge on any atom is 0.248 e. The molecule has 0 saturated heterocycles. The van der Waals surface area contributed by atoms with Crippen LogP contribution < -0.4 is 11.1 Å². The highest BCUT2D eigenvalue weighted by Gasteiger charge is 2.06. The van der Waals surface area contributed by atoms with Gasteiger partial charge in [0.25, 0.3) is 0 Å². The summed E-state index contributed by atoms with van der Waals surface area (Å²) in [5.41, 5.74) is 5.96. The lowest BCUT2D eigenvalue weighted by Gasteiger charge is -2.07. The lowest BCUT2D eigenvalue weighted by Crippen LogP contribution is -2.17. The van der Waals surface area contributed by atoms with Crippen molar-refractivity contribution in [2.75, 3.05) is 20.3 Å². The molecule has 106 valence electrons. The third-order valence-corrected chi connectivity index (χ3v) is 2.85. The number of nitrogens with two attached hydrogens (primary N) is 1. The van der Waals surface area contributed by atoms with Crippen molar-refractivity contribution < 1.29 is 13.9 Å². The van der Waals surface area contributed by atoms with Gasteiger partial charge in [0.1, 0.15) is 5.82 Å². The molecule has 0 unspecified atom stereocenters. The van der Waals surface area contributed by atoms with Crippen molar-refractivity contribution in [2.24, 2.45) is 5.73 Å². The van der Waals surface area contributed by atoms with E-state index >= 15 is 0 Å². The molecule has 0 bridgehead atoms. The maximum absolute atomic E-state index is 13.5. The highest BCUT2D eigenvalue weighted by molar-refractivity contribution is 5.92. The maximum atomic E-state index is 13.5. The number of carbonyl (C=O) groups excluding carboxylic acids is 1. The monoisotopic (exact) mass is 268 g/mol. The summed E-state index contributed by atoms with van der Waals surface area (Å²) in [4.78, 5) is 11.0. The van der Waals surface area contributed by atoms with E-state index in [9.17, 15) is 9.18 Å². The van der Waals surface area contributed by atoms with Gasteiger partial charge in [0.15, 0.2) is 0 Å². The Morgan fingerprint density at radius 3 is 2.84 bits per heavy atom. The number of nitrogens with one attached hydrogen (secondary N) is 1. The van der Waals surface area contributed by atoms with Crippen LogP contribution in [0.3, 0.4) is 0 Å². The van der Waals surface area contributed by atoms with Crippen molar-refractivity contribution in [1.29, 1.82) is 0 Å². The Balaban J connectivity index is 2.32. The van der Waals surface area contributed by atoms with E-state index < -0.39 is 5.91 Å². The second kappa shape index (κ2) is 8.61. The van der Waals surface area contributed by atoms with Gasteiger partial charge in [0, 0.05) is 31.4 Å². The Labute approximate surface area is 113 Å². The quantitative estimate of drug-likeness (QED) is 0.672. The molecule has 4 nitrogen and oxygen atoms in total. The summed E-state index contributed by atoms with van der Waals surface area (Å²) in [5.74, 6) is -0.863. The first-order valence-electron chi connectivity index (χ1n) is 6.43. The highest BCUT2D eigenvalue weighted by Crippen LogP contribution is 2.10. The number of hydrogen-bond donors (Lipinski definition) is 2. The fraction of sp³-hybridized carbons (Fsp3) is 0.500. The molecule has 5 heteroatoms. The van der Waals surface area contributed by atoms with Gasteiger partial charge in [-0.15, -0.1) is 0 Å². The van der Waals surface area contributed by atoms with Crippen LogP contribution in [0.1, 0.15) is 35.2 Å². The third kappa shape index (κ3) is 5.81. The number of carbonyl (C=O) groups is 1. The number of amides is 1. The van der Waals surface area contributed by atoms with Gasteiger partial charge in [-0.05, 0) is 44.0 Å². The van der Waals surface area contributed by atoms with Crippen LogP contribution in [0.25, 0.3) is 0 Å². The Morgan fingerprint density at radius 1 is 1.37 bits per heavy atom. The van der Waals surface area contributed by atoms with Gasteiger partial charge in [-0.25, -0.2) is 4.39 Å². The molecule has 0 aliphatic heterocycles. The Morgan fingerprint density at radius 2 is 2.16 bits per heavy atom.